The number of rotatable bonds is 3. The van der Waals surface area contributed by atoms with E-state index in [0.717, 1.165) is 20.3 Å². The van der Waals surface area contributed by atoms with Gasteiger partial charge in [-0.2, -0.15) is 0 Å². The van der Waals surface area contributed by atoms with Crippen LogP contribution in [-0.4, -0.2) is 31.8 Å². The van der Waals surface area contributed by atoms with Crippen molar-refractivity contribution in [1.29, 1.82) is 0 Å². The molecule has 1 rings (SSSR count). The molecule has 1 aromatic rings. The van der Waals surface area contributed by atoms with Gasteiger partial charge in [-0.3, -0.25) is 4.79 Å². The van der Waals surface area contributed by atoms with E-state index in [2.05, 4.69) is 9.47 Å². The smallest absolute Gasteiger partial charge is 0.437 e. The van der Waals surface area contributed by atoms with Gasteiger partial charge in [-0.05, 0) is 11.6 Å². The van der Waals surface area contributed by atoms with Gasteiger partial charge in [0.15, 0.2) is 11.5 Å². The lowest BCUT2D eigenvalue weighted by Crippen LogP contribution is -2.14. The summed E-state index contributed by atoms with van der Waals surface area (Å²) in [4.78, 5) is 33.8. The molecule has 0 fully saturated rings. The zero-order valence-electron chi connectivity index (χ0n) is 10.6. The van der Waals surface area contributed by atoms with Crippen LogP contribution in [0.2, 0.25) is 10.0 Å². The summed E-state index contributed by atoms with van der Waals surface area (Å²) < 4.78 is 18.0. The van der Waals surface area contributed by atoms with Crippen molar-refractivity contribution in [2.24, 2.45) is 0 Å². The fourth-order valence-corrected chi connectivity index (χ4v) is 1.84. The van der Waals surface area contributed by atoms with Crippen LogP contribution in [0.1, 0.15) is 10.4 Å². The molecule has 0 bridgehead atoms. The Labute approximate surface area is 133 Å². The summed E-state index contributed by atoms with van der Waals surface area (Å²) in [5, 5.41) is -1.53. The third kappa shape index (κ3) is 4.13. The Hall–Kier alpha value is -1.70. The molecular weight excluding hydrogens is 350 g/mol. The predicted octanol–water partition coefficient (Wildman–Crippen LogP) is 3.66. The van der Waals surface area contributed by atoms with Gasteiger partial charge in [0.25, 0.3) is 5.24 Å². The van der Waals surface area contributed by atoms with Gasteiger partial charge in [0.05, 0.1) is 24.3 Å². The molecule has 0 aliphatic rings. The standard InChI is InChI=1S/C11H7Cl3O7/c1-18-10(16)20-5-3-4(12)7(13)6(9(14)15)8(5)21-11(17)19-2/h3H,1-2H3. The summed E-state index contributed by atoms with van der Waals surface area (Å²) in [6, 6.07) is 1.04. The van der Waals surface area contributed by atoms with E-state index in [1.165, 1.54) is 0 Å². The second kappa shape index (κ2) is 7.35. The molecule has 21 heavy (non-hydrogen) atoms. The largest absolute Gasteiger partial charge is 0.513 e. The number of methoxy groups -OCH3 is 2. The van der Waals surface area contributed by atoms with E-state index >= 15 is 0 Å². The SMILES string of the molecule is COC(=O)Oc1cc(Cl)c(Cl)c(C(=O)Cl)c1OC(=O)OC. The highest BCUT2D eigenvalue weighted by Crippen LogP contribution is 2.42. The van der Waals surface area contributed by atoms with Gasteiger partial charge >= 0.3 is 12.3 Å². The first-order valence-electron chi connectivity index (χ1n) is 5.05. The van der Waals surface area contributed by atoms with Crippen LogP contribution in [0.3, 0.4) is 0 Å². The summed E-state index contributed by atoms with van der Waals surface area (Å²) >= 11 is 17.0. The highest BCUT2D eigenvalue weighted by atomic mass is 35.5. The van der Waals surface area contributed by atoms with Crippen molar-refractivity contribution in [2.45, 2.75) is 0 Å². The van der Waals surface area contributed by atoms with Crippen molar-refractivity contribution in [3.63, 3.8) is 0 Å². The monoisotopic (exact) mass is 356 g/mol. The average Bonchev–Trinajstić information content (AvgIpc) is 2.43. The van der Waals surface area contributed by atoms with Gasteiger partial charge in [0.2, 0.25) is 0 Å². The van der Waals surface area contributed by atoms with Gasteiger partial charge in [-0.15, -0.1) is 0 Å². The Morgan fingerprint density at radius 2 is 1.52 bits per heavy atom. The maximum absolute atomic E-state index is 11.4. The number of carbonyl (C=O) groups is 3. The van der Waals surface area contributed by atoms with Gasteiger partial charge in [-0.25, -0.2) is 9.59 Å². The number of hydrogen-bond donors (Lipinski definition) is 0. The topological polar surface area (TPSA) is 88.1 Å². The Bertz CT molecular complexity index is 600. The van der Waals surface area contributed by atoms with Crippen LogP contribution in [0.25, 0.3) is 0 Å². The van der Waals surface area contributed by atoms with E-state index in [0.29, 0.717) is 0 Å². The van der Waals surface area contributed by atoms with Crippen molar-refractivity contribution in [3.05, 3.63) is 21.7 Å². The molecule has 0 aliphatic heterocycles. The molecule has 0 unspecified atom stereocenters. The predicted molar refractivity (Wildman–Crippen MR) is 72.7 cm³/mol. The summed E-state index contributed by atoms with van der Waals surface area (Å²) in [5.74, 6) is -0.924. The zero-order valence-corrected chi connectivity index (χ0v) is 12.8. The first-order valence-corrected chi connectivity index (χ1v) is 6.18. The number of benzene rings is 1. The minimum Gasteiger partial charge on any atom is -0.437 e. The van der Waals surface area contributed by atoms with Crippen molar-refractivity contribution in [1.82, 2.24) is 0 Å². The molecule has 10 heteroatoms. The molecule has 0 spiro atoms. The van der Waals surface area contributed by atoms with Crippen molar-refractivity contribution in [3.8, 4) is 11.5 Å². The minimum absolute atomic E-state index is 0.156. The van der Waals surface area contributed by atoms with Gasteiger partial charge in [0.1, 0.15) is 5.56 Å². The summed E-state index contributed by atoms with van der Waals surface area (Å²) in [6.07, 6.45) is -2.33. The second-order valence-corrected chi connectivity index (χ2v) is 4.39. The fourth-order valence-electron chi connectivity index (χ4n) is 1.20. The quantitative estimate of drug-likeness (QED) is 0.463. The van der Waals surface area contributed by atoms with Crippen molar-refractivity contribution >= 4 is 52.4 Å². The highest BCUT2D eigenvalue weighted by molar-refractivity contribution is 6.69. The lowest BCUT2D eigenvalue weighted by molar-refractivity contribution is 0.105. The van der Waals surface area contributed by atoms with Crippen LogP contribution in [0.5, 0.6) is 11.5 Å². The maximum atomic E-state index is 11.4. The molecule has 0 saturated heterocycles. The number of carbonyl (C=O) groups excluding carboxylic acids is 3. The fraction of sp³-hybridized carbons (Fsp3) is 0.182. The third-order valence-electron chi connectivity index (χ3n) is 2.05. The highest BCUT2D eigenvalue weighted by Gasteiger charge is 2.27. The van der Waals surface area contributed by atoms with Crippen LogP contribution in [-0.2, 0) is 9.47 Å². The molecule has 114 valence electrons. The molecule has 0 aliphatic carbocycles. The van der Waals surface area contributed by atoms with Crippen molar-refractivity contribution in [2.75, 3.05) is 14.2 Å². The summed E-state index contributed by atoms with van der Waals surface area (Å²) in [5.41, 5.74) is -0.463. The van der Waals surface area contributed by atoms with Gasteiger partial charge in [0, 0.05) is 6.07 Å². The van der Waals surface area contributed by atoms with Crippen LogP contribution in [0.15, 0.2) is 6.07 Å². The van der Waals surface area contributed by atoms with E-state index in [4.69, 9.17) is 44.3 Å². The molecular formula is C11H7Cl3O7. The first kappa shape index (κ1) is 17.4. The average molecular weight is 358 g/mol. The van der Waals surface area contributed by atoms with Gasteiger partial charge in [-0.1, -0.05) is 23.2 Å². The summed E-state index contributed by atoms with van der Waals surface area (Å²) in [7, 11) is 2.08. The van der Waals surface area contributed by atoms with Crippen LogP contribution >= 0.6 is 34.8 Å². The van der Waals surface area contributed by atoms with E-state index in [9.17, 15) is 14.4 Å². The van der Waals surface area contributed by atoms with E-state index < -0.39 is 34.6 Å². The molecule has 1 aromatic carbocycles. The molecule has 0 amide bonds. The Morgan fingerprint density at radius 3 is 2.00 bits per heavy atom. The lowest BCUT2D eigenvalue weighted by Gasteiger charge is -2.13. The van der Waals surface area contributed by atoms with Crippen LogP contribution in [0.4, 0.5) is 9.59 Å². The minimum atomic E-state index is -1.19. The maximum Gasteiger partial charge on any atom is 0.513 e. The molecule has 7 nitrogen and oxygen atoms in total. The number of halogens is 3. The van der Waals surface area contributed by atoms with Crippen molar-refractivity contribution < 1.29 is 33.3 Å². The Kier molecular flexibility index (Phi) is 6.07. The first-order chi connectivity index (χ1) is 9.81. The molecule has 0 heterocycles. The molecule has 0 saturated carbocycles. The van der Waals surface area contributed by atoms with Crippen LogP contribution in [0, 0.1) is 0 Å². The summed E-state index contributed by atoms with van der Waals surface area (Å²) in [6.45, 7) is 0. The third-order valence-corrected chi connectivity index (χ3v) is 3.02. The van der Waals surface area contributed by atoms with E-state index in [1.54, 1.807) is 0 Å². The normalized spacial score (nSPS) is 9.76. The Balaban J connectivity index is 3.49. The molecule has 0 atom stereocenters. The molecule has 0 radical (unpaired) electrons. The zero-order chi connectivity index (χ0) is 16.2. The lowest BCUT2D eigenvalue weighted by atomic mass is 10.2. The van der Waals surface area contributed by atoms with Gasteiger partial charge < -0.3 is 18.9 Å². The second-order valence-electron chi connectivity index (χ2n) is 3.26. The Morgan fingerprint density at radius 1 is 1.00 bits per heavy atom. The molecule has 0 N–H and O–H groups in total. The number of hydrogen-bond acceptors (Lipinski definition) is 7. The number of ether oxygens (including phenoxy) is 4. The van der Waals surface area contributed by atoms with E-state index in [1.807, 2.05) is 0 Å². The van der Waals surface area contributed by atoms with E-state index in [-0.39, 0.29) is 10.0 Å². The molecule has 0 aromatic heterocycles. The van der Waals surface area contributed by atoms with Crippen LogP contribution < -0.4 is 9.47 Å².